The average molecular weight is 495 g/mol. The molecule has 2 amide bonds. The fraction of sp³-hybridized carbons (Fsp3) is 0.500. The van der Waals surface area contributed by atoms with Crippen molar-refractivity contribution in [1.82, 2.24) is 15.3 Å². The number of benzene rings is 1. The normalized spacial score (nSPS) is 20.7. The lowest BCUT2D eigenvalue weighted by Crippen LogP contribution is -2.49. The first-order valence-corrected chi connectivity index (χ1v) is 11.7. The van der Waals surface area contributed by atoms with Crippen LogP contribution in [0.15, 0.2) is 43.0 Å². The second kappa shape index (κ2) is 9.52. The number of carbonyl (C=O) groups excluding carboxylic acids is 2. The lowest BCUT2D eigenvalue weighted by molar-refractivity contribution is -0.128. The van der Waals surface area contributed by atoms with Gasteiger partial charge in [-0.1, -0.05) is 30.7 Å². The van der Waals surface area contributed by atoms with Gasteiger partial charge in [-0.15, -0.1) is 0 Å². The fourth-order valence-electron chi connectivity index (χ4n) is 4.34. The third kappa shape index (κ3) is 5.35. The van der Waals surface area contributed by atoms with E-state index in [1.54, 1.807) is 12.1 Å². The Balaban J connectivity index is 1.67. The monoisotopic (exact) mass is 494 g/mol. The molecule has 0 aliphatic heterocycles. The van der Waals surface area contributed by atoms with Crippen LogP contribution in [0.25, 0.3) is 0 Å². The standard InChI is InChI=1S/C24H26ClF3N4O2/c1-23(10-11-23)16-2-4-18(5-3-16)32(22(34)20(25)26)19(15-12-29-14-30-13-15)21(33)31-17-6-8-24(27,28)9-7-17/h2-5,12-14,17,19-20H,6-11H2,1H3,(H,31,33)/t19-,20+/m1/s1. The summed E-state index contributed by atoms with van der Waals surface area (Å²) in [5.41, 5.74) is -0.715. The minimum Gasteiger partial charge on any atom is -0.351 e. The van der Waals surface area contributed by atoms with Crippen molar-refractivity contribution in [3.05, 3.63) is 54.1 Å². The summed E-state index contributed by atoms with van der Waals surface area (Å²) in [6.07, 6.45) is 5.59. The van der Waals surface area contributed by atoms with Gasteiger partial charge in [0.15, 0.2) is 0 Å². The number of amides is 2. The lowest BCUT2D eigenvalue weighted by Gasteiger charge is -2.34. The highest BCUT2D eigenvalue weighted by molar-refractivity contribution is 6.32. The highest BCUT2D eigenvalue weighted by Gasteiger charge is 2.41. The van der Waals surface area contributed by atoms with Crippen molar-refractivity contribution >= 4 is 29.1 Å². The van der Waals surface area contributed by atoms with Crippen LogP contribution < -0.4 is 10.2 Å². The van der Waals surface area contributed by atoms with Crippen molar-refractivity contribution in [3.63, 3.8) is 0 Å². The maximum absolute atomic E-state index is 14.1. The number of nitrogens with zero attached hydrogens (tertiary/aromatic N) is 3. The van der Waals surface area contributed by atoms with Crippen LogP contribution >= 0.6 is 11.6 Å². The van der Waals surface area contributed by atoms with Gasteiger partial charge in [-0.25, -0.2) is 23.1 Å². The van der Waals surface area contributed by atoms with Gasteiger partial charge in [0.1, 0.15) is 12.4 Å². The van der Waals surface area contributed by atoms with Gasteiger partial charge in [0.25, 0.3) is 11.5 Å². The quantitative estimate of drug-likeness (QED) is 0.559. The molecule has 0 unspecified atom stereocenters. The Bertz CT molecular complexity index is 1020. The van der Waals surface area contributed by atoms with Gasteiger partial charge in [-0.05, 0) is 48.8 Å². The molecule has 2 aliphatic rings. The number of nitrogens with one attached hydrogen (secondary N) is 1. The van der Waals surface area contributed by atoms with E-state index in [-0.39, 0.29) is 42.3 Å². The second-order valence-electron chi connectivity index (χ2n) is 9.33. The highest BCUT2D eigenvalue weighted by Crippen LogP contribution is 2.48. The van der Waals surface area contributed by atoms with Crippen LogP contribution in [0, 0.1) is 0 Å². The smallest absolute Gasteiger partial charge is 0.278 e. The first-order chi connectivity index (χ1) is 16.1. The molecule has 2 aliphatic carbocycles. The Kier molecular flexibility index (Phi) is 6.85. The predicted molar refractivity (Wildman–Crippen MR) is 121 cm³/mol. The number of hydrogen-bond acceptors (Lipinski definition) is 4. The van der Waals surface area contributed by atoms with Gasteiger partial charge >= 0.3 is 0 Å². The molecule has 10 heteroatoms. The molecular weight excluding hydrogens is 469 g/mol. The first-order valence-electron chi connectivity index (χ1n) is 11.2. The lowest BCUT2D eigenvalue weighted by atomic mass is 9.92. The summed E-state index contributed by atoms with van der Waals surface area (Å²) >= 11 is 5.54. The van der Waals surface area contributed by atoms with Crippen molar-refractivity contribution in [3.8, 4) is 0 Å². The van der Waals surface area contributed by atoms with Gasteiger partial charge in [0.2, 0.25) is 11.8 Å². The number of hydrogen-bond donors (Lipinski definition) is 1. The minimum atomic E-state index is -2.75. The number of anilines is 1. The molecule has 182 valence electrons. The zero-order valence-electron chi connectivity index (χ0n) is 18.7. The number of halogens is 4. The summed E-state index contributed by atoms with van der Waals surface area (Å²) in [4.78, 5) is 35.2. The van der Waals surface area contributed by atoms with Gasteiger partial charge < -0.3 is 5.32 Å². The Morgan fingerprint density at radius 1 is 1.09 bits per heavy atom. The van der Waals surface area contributed by atoms with Gasteiger partial charge in [-0.3, -0.25) is 14.5 Å². The van der Waals surface area contributed by atoms with Crippen LogP contribution in [-0.2, 0) is 15.0 Å². The van der Waals surface area contributed by atoms with Crippen LogP contribution in [0.3, 0.4) is 0 Å². The number of rotatable bonds is 7. The van der Waals surface area contributed by atoms with Crippen LogP contribution in [0.1, 0.15) is 62.6 Å². The van der Waals surface area contributed by atoms with Crippen LogP contribution in [0.2, 0.25) is 0 Å². The summed E-state index contributed by atoms with van der Waals surface area (Å²) in [6, 6.07) is 5.18. The molecule has 1 N–H and O–H groups in total. The molecule has 2 atom stereocenters. The molecule has 2 aromatic rings. The molecular formula is C24H26ClF3N4O2. The molecule has 4 rings (SSSR count). The van der Waals surface area contributed by atoms with Crippen molar-refractivity contribution in [2.24, 2.45) is 0 Å². The molecule has 34 heavy (non-hydrogen) atoms. The Hall–Kier alpha value is -2.68. The van der Waals surface area contributed by atoms with Crippen molar-refractivity contribution in [2.75, 3.05) is 4.90 Å². The summed E-state index contributed by atoms with van der Waals surface area (Å²) in [5, 5.41) is 2.76. The van der Waals surface area contributed by atoms with E-state index in [2.05, 4.69) is 22.2 Å². The summed E-state index contributed by atoms with van der Waals surface area (Å²) in [6.45, 7) is 2.13. The fourth-order valence-corrected chi connectivity index (χ4v) is 4.45. The van der Waals surface area contributed by atoms with Gasteiger partial charge in [-0.2, -0.15) is 0 Å². The summed E-state index contributed by atoms with van der Waals surface area (Å²) in [7, 11) is 0. The minimum absolute atomic E-state index is 0.0789. The van der Waals surface area contributed by atoms with Crippen LogP contribution in [0.5, 0.6) is 0 Å². The Morgan fingerprint density at radius 3 is 2.21 bits per heavy atom. The zero-order valence-corrected chi connectivity index (χ0v) is 19.4. The Morgan fingerprint density at radius 2 is 1.68 bits per heavy atom. The maximum atomic E-state index is 14.1. The summed E-state index contributed by atoms with van der Waals surface area (Å²) < 4.78 is 41.3. The van der Waals surface area contributed by atoms with Crippen LogP contribution in [-0.4, -0.2) is 39.4 Å². The molecule has 0 bridgehead atoms. The van der Waals surface area contributed by atoms with Crippen LogP contribution in [0.4, 0.5) is 18.9 Å². The Labute approximate surface area is 200 Å². The molecule has 2 fully saturated rings. The molecule has 2 saturated carbocycles. The van der Waals surface area contributed by atoms with E-state index in [4.69, 9.17) is 11.6 Å². The molecule has 1 aromatic heterocycles. The topological polar surface area (TPSA) is 75.2 Å². The molecule has 1 heterocycles. The van der Waals surface area contributed by atoms with E-state index in [9.17, 15) is 22.8 Å². The predicted octanol–water partition coefficient (Wildman–Crippen LogP) is 4.83. The number of aromatic nitrogens is 2. The van der Waals surface area contributed by atoms with E-state index in [1.165, 1.54) is 18.7 Å². The third-order valence-electron chi connectivity index (χ3n) is 6.73. The SMILES string of the molecule is CC1(c2ccc(N(C(=O)[C@H](F)Cl)[C@@H](C(=O)NC3CCC(F)(F)CC3)c3cncnc3)cc2)CC1. The van der Waals surface area contributed by atoms with Crippen molar-refractivity contribution in [1.29, 1.82) is 0 Å². The van der Waals surface area contributed by atoms with E-state index < -0.39 is 35.5 Å². The molecule has 0 saturated heterocycles. The number of carbonyl (C=O) groups is 2. The molecule has 0 radical (unpaired) electrons. The third-order valence-corrected chi connectivity index (χ3v) is 6.92. The van der Waals surface area contributed by atoms with E-state index in [1.807, 2.05) is 12.1 Å². The van der Waals surface area contributed by atoms with Crippen molar-refractivity contribution < 1.29 is 22.8 Å². The molecule has 1 aromatic carbocycles. The maximum Gasteiger partial charge on any atom is 0.278 e. The first kappa shape index (κ1) is 24.4. The van der Waals surface area contributed by atoms with Gasteiger partial charge in [0.05, 0.1) is 0 Å². The average Bonchev–Trinajstić information content (AvgIpc) is 3.57. The molecule has 6 nitrogen and oxygen atoms in total. The van der Waals surface area contributed by atoms with E-state index in [0.717, 1.165) is 23.3 Å². The number of alkyl halides is 4. The van der Waals surface area contributed by atoms with E-state index in [0.29, 0.717) is 0 Å². The highest BCUT2D eigenvalue weighted by atomic mass is 35.5. The zero-order chi connectivity index (χ0) is 24.5. The van der Waals surface area contributed by atoms with Crippen molar-refractivity contribution in [2.45, 2.75) is 74.5 Å². The summed E-state index contributed by atoms with van der Waals surface area (Å²) in [5.74, 6) is -4.52. The second-order valence-corrected chi connectivity index (χ2v) is 9.71. The molecule has 0 spiro atoms. The van der Waals surface area contributed by atoms with E-state index >= 15 is 0 Å². The largest absolute Gasteiger partial charge is 0.351 e. The van der Waals surface area contributed by atoms with Gasteiger partial charge in [0, 0.05) is 42.5 Å².